The number of aliphatic hydroxyl groups is 2. The number of aliphatic hydroxyl groups excluding tert-OH is 2. The second kappa shape index (κ2) is 12.2. The van der Waals surface area contributed by atoms with E-state index in [1.54, 1.807) is 0 Å². The smallest absolute Gasteiger partial charge is 0.119 e. The van der Waals surface area contributed by atoms with E-state index >= 15 is 0 Å². The van der Waals surface area contributed by atoms with Crippen LogP contribution in [0.5, 0.6) is 11.5 Å². The zero-order chi connectivity index (χ0) is 25.3. The van der Waals surface area contributed by atoms with Crippen LogP contribution in [0.3, 0.4) is 0 Å². The summed E-state index contributed by atoms with van der Waals surface area (Å²) in [6.07, 6.45) is -0.106. The Hall–Kier alpha value is -3.80. The van der Waals surface area contributed by atoms with Crippen molar-refractivity contribution in [3.05, 3.63) is 114 Å². The van der Waals surface area contributed by atoms with Gasteiger partial charge >= 0.3 is 0 Å². The van der Waals surface area contributed by atoms with Crippen molar-refractivity contribution in [3.8, 4) is 11.5 Å². The van der Waals surface area contributed by atoms with E-state index in [1.807, 2.05) is 36.4 Å². The third-order valence-electron chi connectivity index (χ3n) is 5.92. The summed E-state index contributed by atoms with van der Waals surface area (Å²) < 4.78 is 11.4. The molecule has 2 N–H and O–H groups in total. The number of benzene rings is 4. The first kappa shape index (κ1) is 25.3. The summed E-state index contributed by atoms with van der Waals surface area (Å²) in [6, 6.07) is 33.0. The molecule has 0 saturated carbocycles. The lowest BCUT2D eigenvalue weighted by Crippen LogP contribution is -2.21. The SMILES string of the molecule is Cc1ccc(N(c2ccc(C)cc2)c2ccc(OCCc3ccc(OCC(O)CO)cc3)cc2)cc1. The Bertz CT molecular complexity index is 1160. The van der Waals surface area contributed by atoms with Crippen LogP contribution in [0, 0.1) is 13.8 Å². The first-order valence-electron chi connectivity index (χ1n) is 12.2. The number of aryl methyl sites for hydroxylation is 2. The minimum absolute atomic E-state index is 0.0697. The van der Waals surface area contributed by atoms with E-state index in [2.05, 4.69) is 79.4 Å². The van der Waals surface area contributed by atoms with Crippen molar-refractivity contribution in [3.63, 3.8) is 0 Å². The van der Waals surface area contributed by atoms with Crippen LogP contribution < -0.4 is 14.4 Å². The number of nitrogens with zero attached hydrogens (tertiary/aromatic N) is 1. The quantitative estimate of drug-likeness (QED) is 0.269. The summed E-state index contributed by atoms with van der Waals surface area (Å²) in [5.74, 6) is 1.49. The highest BCUT2D eigenvalue weighted by Gasteiger charge is 2.12. The van der Waals surface area contributed by atoms with Gasteiger partial charge in [0, 0.05) is 23.5 Å². The van der Waals surface area contributed by atoms with Crippen LogP contribution in [0.15, 0.2) is 97.1 Å². The summed E-state index contributed by atoms with van der Waals surface area (Å²) in [4.78, 5) is 2.24. The van der Waals surface area contributed by atoms with Crippen LogP contribution in [-0.4, -0.2) is 36.1 Å². The molecule has 0 amide bonds. The first-order chi connectivity index (χ1) is 17.5. The Morgan fingerprint density at radius 1 is 0.639 bits per heavy atom. The molecule has 0 aromatic heterocycles. The molecule has 0 aliphatic carbocycles. The third-order valence-corrected chi connectivity index (χ3v) is 5.92. The molecule has 4 aromatic rings. The summed E-state index contributed by atoms with van der Waals surface area (Å²) in [5, 5.41) is 18.3. The van der Waals surface area contributed by atoms with Gasteiger partial charge in [-0.2, -0.15) is 0 Å². The molecule has 0 aliphatic heterocycles. The lowest BCUT2D eigenvalue weighted by Gasteiger charge is -2.26. The van der Waals surface area contributed by atoms with Gasteiger partial charge in [-0.1, -0.05) is 47.5 Å². The molecular weight excluding hydrogens is 450 g/mol. The minimum Gasteiger partial charge on any atom is -0.493 e. The lowest BCUT2D eigenvalue weighted by molar-refractivity contribution is 0.0536. The summed E-state index contributed by atoms with van der Waals surface area (Å²) in [5.41, 5.74) is 6.87. The Balaban J connectivity index is 1.38. The summed E-state index contributed by atoms with van der Waals surface area (Å²) >= 11 is 0. The molecule has 0 spiro atoms. The highest BCUT2D eigenvalue weighted by molar-refractivity contribution is 5.76. The van der Waals surface area contributed by atoms with Gasteiger partial charge in [-0.3, -0.25) is 0 Å². The molecule has 0 bridgehead atoms. The molecule has 1 atom stereocenters. The standard InChI is InChI=1S/C31H33NO4/c1-23-3-9-26(10-4-23)32(27-11-5-24(2)6-12-27)28-13-17-30(18-14-28)35-20-19-25-7-15-31(16-8-25)36-22-29(34)21-33/h3-18,29,33-34H,19-22H2,1-2H3. The molecule has 0 radical (unpaired) electrons. The number of anilines is 3. The van der Waals surface area contributed by atoms with Crippen molar-refractivity contribution in [2.24, 2.45) is 0 Å². The van der Waals surface area contributed by atoms with Gasteiger partial charge in [0.25, 0.3) is 0 Å². The van der Waals surface area contributed by atoms with Gasteiger partial charge in [0.15, 0.2) is 0 Å². The molecule has 0 heterocycles. The Labute approximate surface area is 213 Å². The molecule has 36 heavy (non-hydrogen) atoms. The molecule has 0 saturated heterocycles. The predicted octanol–water partition coefficient (Wildman–Crippen LogP) is 6.13. The van der Waals surface area contributed by atoms with Gasteiger partial charge in [-0.15, -0.1) is 0 Å². The molecule has 0 aliphatic rings. The Morgan fingerprint density at radius 2 is 1.08 bits per heavy atom. The topological polar surface area (TPSA) is 62.2 Å². The summed E-state index contributed by atoms with van der Waals surface area (Å²) in [7, 11) is 0. The van der Waals surface area contributed by atoms with Gasteiger partial charge in [0.05, 0.1) is 13.2 Å². The fourth-order valence-corrected chi connectivity index (χ4v) is 3.81. The van der Waals surface area contributed by atoms with Crippen LogP contribution in [0.25, 0.3) is 0 Å². The van der Waals surface area contributed by atoms with Crippen LogP contribution in [0.2, 0.25) is 0 Å². The Kier molecular flexibility index (Phi) is 8.61. The summed E-state index contributed by atoms with van der Waals surface area (Å²) in [6.45, 7) is 4.51. The molecule has 5 heteroatoms. The number of ether oxygens (including phenoxy) is 2. The number of rotatable bonds is 11. The van der Waals surface area contributed by atoms with Gasteiger partial charge in [0.2, 0.25) is 0 Å². The van der Waals surface area contributed by atoms with Crippen molar-refractivity contribution in [1.82, 2.24) is 0 Å². The van der Waals surface area contributed by atoms with E-state index in [9.17, 15) is 5.11 Å². The average molecular weight is 484 g/mol. The third kappa shape index (κ3) is 6.87. The molecule has 5 nitrogen and oxygen atoms in total. The minimum atomic E-state index is -0.870. The molecule has 0 fully saturated rings. The molecule has 1 unspecified atom stereocenters. The van der Waals surface area contributed by atoms with Crippen LogP contribution in [-0.2, 0) is 6.42 Å². The maximum Gasteiger partial charge on any atom is 0.119 e. The maximum atomic E-state index is 9.39. The van der Waals surface area contributed by atoms with Crippen molar-refractivity contribution in [2.75, 3.05) is 24.7 Å². The van der Waals surface area contributed by atoms with Crippen molar-refractivity contribution >= 4 is 17.1 Å². The molecule has 186 valence electrons. The van der Waals surface area contributed by atoms with E-state index < -0.39 is 6.10 Å². The van der Waals surface area contributed by atoms with Crippen LogP contribution >= 0.6 is 0 Å². The highest BCUT2D eigenvalue weighted by Crippen LogP contribution is 2.35. The second-order valence-electron chi connectivity index (χ2n) is 8.89. The van der Waals surface area contributed by atoms with Crippen LogP contribution in [0.1, 0.15) is 16.7 Å². The Morgan fingerprint density at radius 3 is 1.58 bits per heavy atom. The van der Waals surface area contributed by atoms with Gasteiger partial charge in [-0.25, -0.2) is 0 Å². The highest BCUT2D eigenvalue weighted by atomic mass is 16.5. The average Bonchev–Trinajstić information content (AvgIpc) is 2.91. The molecule has 4 rings (SSSR count). The normalized spacial score (nSPS) is 11.7. The van der Waals surface area contributed by atoms with Crippen LogP contribution in [0.4, 0.5) is 17.1 Å². The monoisotopic (exact) mass is 483 g/mol. The zero-order valence-corrected chi connectivity index (χ0v) is 20.8. The van der Waals surface area contributed by atoms with Crippen molar-refractivity contribution < 1.29 is 19.7 Å². The zero-order valence-electron chi connectivity index (χ0n) is 20.8. The molecular formula is C31H33NO4. The fourth-order valence-electron chi connectivity index (χ4n) is 3.81. The largest absolute Gasteiger partial charge is 0.493 e. The van der Waals surface area contributed by atoms with Crippen molar-refractivity contribution in [2.45, 2.75) is 26.4 Å². The van der Waals surface area contributed by atoms with Gasteiger partial charge in [-0.05, 0) is 80.1 Å². The van der Waals surface area contributed by atoms with Gasteiger partial charge in [0.1, 0.15) is 24.2 Å². The van der Waals surface area contributed by atoms with E-state index in [1.165, 1.54) is 11.1 Å². The maximum absolute atomic E-state index is 9.39. The first-order valence-corrected chi connectivity index (χ1v) is 12.2. The second-order valence-corrected chi connectivity index (χ2v) is 8.89. The lowest BCUT2D eigenvalue weighted by atomic mass is 10.1. The van der Waals surface area contributed by atoms with Crippen molar-refractivity contribution in [1.29, 1.82) is 0 Å². The fraction of sp³-hybridized carbons (Fsp3) is 0.226. The van der Waals surface area contributed by atoms with E-state index in [-0.39, 0.29) is 13.2 Å². The van der Waals surface area contributed by atoms with E-state index in [0.717, 1.165) is 34.8 Å². The number of hydrogen-bond donors (Lipinski definition) is 2. The van der Waals surface area contributed by atoms with E-state index in [4.69, 9.17) is 14.6 Å². The van der Waals surface area contributed by atoms with Gasteiger partial charge < -0.3 is 24.6 Å². The van der Waals surface area contributed by atoms with E-state index in [0.29, 0.717) is 12.4 Å². The number of hydrogen-bond acceptors (Lipinski definition) is 5. The molecule has 4 aromatic carbocycles. The predicted molar refractivity (Wildman–Crippen MR) is 145 cm³/mol.